The van der Waals surface area contributed by atoms with Crippen LogP contribution in [-0.4, -0.2) is 40.2 Å². The number of carbonyl (C=O) groups excluding carboxylic acids is 2. The highest BCUT2D eigenvalue weighted by molar-refractivity contribution is 6.44. The SMILES string of the molecule is C=C(CC(C)C)/C(C(=O)C(N)=O)=C1/C(OCC(=O)O)=NC(C)=CN1Cc1ccccc1. The lowest BCUT2D eigenvalue weighted by atomic mass is 9.92. The molecule has 2 rings (SSSR count). The zero-order valence-electron chi connectivity index (χ0n) is 17.9. The molecule has 8 nitrogen and oxygen atoms in total. The second-order valence-corrected chi connectivity index (χ2v) is 7.60. The molecule has 8 heteroatoms. The molecule has 1 aliphatic rings. The third-order valence-corrected chi connectivity index (χ3v) is 4.33. The monoisotopic (exact) mass is 425 g/mol. The van der Waals surface area contributed by atoms with Gasteiger partial charge in [-0.25, -0.2) is 9.79 Å². The molecule has 0 spiro atoms. The van der Waals surface area contributed by atoms with Crippen molar-refractivity contribution in [1.82, 2.24) is 4.90 Å². The Morgan fingerprint density at radius 3 is 2.42 bits per heavy atom. The Hall–Kier alpha value is -3.68. The second kappa shape index (κ2) is 10.4. The van der Waals surface area contributed by atoms with E-state index in [1.807, 2.05) is 44.2 Å². The normalized spacial score (nSPS) is 15.2. The lowest BCUT2D eigenvalue weighted by molar-refractivity contribution is -0.139. The number of ketones is 1. The first kappa shape index (κ1) is 23.6. The number of amides is 1. The molecule has 164 valence electrons. The molecule has 0 fully saturated rings. The Morgan fingerprint density at radius 1 is 1.23 bits per heavy atom. The number of carbonyl (C=O) groups is 3. The van der Waals surface area contributed by atoms with Gasteiger partial charge in [-0.05, 0) is 30.4 Å². The minimum atomic E-state index is -1.20. The lowest BCUT2D eigenvalue weighted by Gasteiger charge is -2.30. The number of benzene rings is 1. The van der Waals surface area contributed by atoms with E-state index in [0.29, 0.717) is 24.2 Å². The Kier molecular flexibility index (Phi) is 7.90. The maximum absolute atomic E-state index is 12.9. The summed E-state index contributed by atoms with van der Waals surface area (Å²) >= 11 is 0. The van der Waals surface area contributed by atoms with Crippen molar-refractivity contribution in [3.63, 3.8) is 0 Å². The highest BCUT2D eigenvalue weighted by Gasteiger charge is 2.32. The van der Waals surface area contributed by atoms with Gasteiger partial charge in [0.1, 0.15) is 5.70 Å². The summed E-state index contributed by atoms with van der Waals surface area (Å²) < 4.78 is 5.43. The molecule has 0 bridgehead atoms. The summed E-state index contributed by atoms with van der Waals surface area (Å²) in [5.74, 6) is -3.21. The van der Waals surface area contributed by atoms with E-state index in [0.717, 1.165) is 5.56 Å². The molecule has 0 saturated heterocycles. The van der Waals surface area contributed by atoms with Crippen molar-refractivity contribution in [2.75, 3.05) is 6.61 Å². The van der Waals surface area contributed by atoms with Crippen LogP contribution >= 0.6 is 0 Å². The van der Waals surface area contributed by atoms with Crippen molar-refractivity contribution in [1.29, 1.82) is 0 Å². The Morgan fingerprint density at radius 2 is 1.87 bits per heavy atom. The summed E-state index contributed by atoms with van der Waals surface area (Å²) in [6.45, 7) is 9.29. The zero-order valence-corrected chi connectivity index (χ0v) is 17.9. The van der Waals surface area contributed by atoms with E-state index >= 15 is 0 Å². The number of hydrogen-bond acceptors (Lipinski definition) is 6. The second-order valence-electron chi connectivity index (χ2n) is 7.60. The predicted octanol–water partition coefficient (Wildman–Crippen LogP) is 2.77. The summed E-state index contributed by atoms with van der Waals surface area (Å²) in [4.78, 5) is 41.8. The summed E-state index contributed by atoms with van der Waals surface area (Å²) in [5, 5.41) is 9.08. The molecule has 0 radical (unpaired) electrons. The number of nitrogens with zero attached hydrogens (tertiary/aromatic N) is 2. The molecule has 1 heterocycles. The number of nitrogens with two attached hydrogens (primary N) is 1. The molecule has 0 aromatic heterocycles. The number of rotatable bonds is 9. The van der Waals surface area contributed by atoms with Gasteiger partial charge in [-0.1, -0.05) is 50.8 Å². The van der Waals surface area contributed by atoms with E-state index < -0.39 is 24.3 Å². The van der Waals surface area contributed by atoms with E-state index in [1.165, 1.54) is 0 Å². The molecular formula is C23H27N3O5. The molecule has 0 unspecified atom stereocenters. The van der Waals surface area contributed by atoms with E-state index in [-0.39, 0.29) is 23.1 Å². The minimum absolute atomic E-state index is 0.0231. The number of hydrogen-bond donors (Lipinski definition) is 2. The van der Waals surface area contributed by atoms with Gasteiger partial charge in [-0.3, -0.25) is 9.59 Å². The number of primary amides is 1. The molecule has 1 aliphatic heterocycles. The fourth-order valence-corrected chi connectivity index (χ4v) is 3.19. The average molecular weight is 425 g/mol. The van der Waals surface area contributed by atoms with Crippen molar-refractivity contribution in [3.8, 4) is 0 Å². The summed E-state index contributed by atoms with van der Waals surface area (Å²) in [7, 11) is 0. The van der Waals surface area contributed by atoms with E-state index in [4.69, 9.17) is 15.6 Å². The van der Waals surface area contributed by atoms with Crippen LogP contribution in [0.3, 0.4) is 0 Å². The number of ether oxygens (including phenoxy) is 1. The Labute approximate surface area is 181 Å². The number of carboxylic acid groups (broad SMARTS) is 1. The predicted molar refractivity (Wildman–Crippen MR) is 117 cm³/mol. The van der Waals surface area contributed by atoms with Gasteiger partial charge in [0, 0.05) is 12.7 Å². The number of aliphatic carboxylic acids is 1. The standard InChI is InChI=1S/C23H27N3O5/c1-14(2)10-15(3)19(21(29)22(24)30)20-23(31-13-18(27)28)25-16(4)11-26(20)12-17-8-6-5-7-9-17/h5-9,11,14H,3,10,12-13H2,1-2,4H3,(H2,24,30)(H,27,28)/b20-19+. The maximum atomic E-state index is 12.9. The quantitative estimate of drug-likeness (QED) is 0.463. The van der Waals surface area contributed by atoms with Crippen LogP contribution < -0.4 is 5.73 Å². The number of allylic oxidation sites excluding steroid dienone is 2. The molecule has 1 aromatic carbocycles. The molecule has 1 aromatic rings. The van der Waals surface area contributed by atoms with Crippen molar-refractivity contribution in [2.24, 2.45) is 16.6 Å². The van der Waals surface area contributed by atoms with Gasteiger partial charge in [0.15, 0.2) is 6.61 Å². The van der Waals surface area contributed by atoms with E-state index in [2.05, 4.69) is 11.6 Å². The molecule has 3 N–H and O–H groups in total. The molecule has 0 aliphatic carbocycles. The van der Waals surface area contributed by atoms with Crippen molar-refractivity contribution in [3.05, 3.63) is 71.2 Å². The first-order chi connectivity index (χ1) is 14.6. The van der Waals surface area contributed by atoms with Crippen LogP contribution in [0, 0.1) is 5.92 Å². The molecule has 0 saturated carbocycles. The number of aliphatic imine (C=N–C) groups is 1. The van der Waals surface area contributed by atoms with Crippen molar-refractivity contribution in [2.45, 2.75) is 33.7 Å². The smallest absolute Gasteiger partial charge is 0.341 e. The van der Waals surface area contributed by atoms with Crippen LogP contribution in [0.2, 0.25) is 0 Å². The molecule has 31 heavy (non-hydrogen) atoms. The van der Waals surface area contributed by atoms with Crippen molar-refractivity contribution < 1.29 is 24.2 Å². The van der Waals surface area contributed by atoms with Gasteiger partial charge < -0.3 is 20.5 Å². The highest BCUT2D eigenvalue weighted by atomic mass is 16.5. The summed E-state index contributed by atoms with van der Waals surface area (Å²) in [6, 6.07) is 9.45. The first-order valence-corrected chi connectivity index (χ1v) is 9.79. The Bertz CT molecular complexity index is 974. The topological polar surface area (TPSA) is 122 Å². The van der Waals surface area contributed by atoms with Crippen molar-refractivity contribution >= 4 is 23.6 Å². The van der Waals surface area contributed by atoms with Gasteiger partial charge in [0.2, 0.25) is 5.90 Å². The van der Waals surface area contributed by atoms with Gasteiger partial charge in [0.05, 0.1) is 11.3 Å². The van der Waals surface area contributed by atoms with Gasteiger partial charge in [0.25, 0.3) is 11.7 Å². The van der Waals surface area contributed by atoms with Crippen LogP contribution in [-0.2, 0) is 25.7 Å². The van der Waals surface area contributed by atoms with Crippen LogP contribution in [0.1, 0.15) is 32.8 Å². The van der Waals surface area contributed by atoms with Gasteiger partial charge >= 0.3 is 5.97 Å². The molecule has 0 atom stereocenters. The van der Waals surface area contributed by atoms with Crippen LogP contribution in [0.15, 0.2) is 70.6 Å². The fraction of sp³-hybridized carbons (Fsp3) is 0.304. The minimum Gasteiger partial charge on any atom is -0.479 e. The van der Waals surface area contributed by atoms with Gasteiger partial charge in [-0.2, -0.15) is 0 Å². The average Bonchev–Trinajstić information content (AvgIpc) is 2.68. The largest absolute Gasteiger partial charge is 0.479 e. The van der Waals surface area contributed by atoms with Gasteiger partial charge in [-0.15, -0.1) is 0 Å². The zero-order chi connectivity index (χ0) is 23.1. The number of carboxylic acids is 1. The summed E-state index contributed by atoms with van der Waals surface area (Å²) in [5.41, 5.74) is 7.34. The highest BCUT2D eigenvalue weighted by Crippen LogP contribution is 2.30. The molecule has 1 amide bonds. The van der Waals surface area contributed by atoms with Crippen LogP contribution in [0.4, 0.5) is 0 Å². The number of Topliss-reactive ketones (excluding diaryl/α,β-unsaturated/α-hetero) is 1. The maximum Gasteiger partial charge on any atom is 0.341 e. The first-order valence-electron chi connectivity index (χ1n) is 9.79. The van der Waals surface area contributed by atoms with E-state index in [9.17, 15) is 14.4 Å². The third-order valence-electron chi connectivity index (χ3n) is 4.33. The van der Waals surface area contributed by atoms with Crippen LogP contribution in [0.25, 0.3) is 0 Å². The molecular weight excluding hydrogens is 398 g/mol. The lowest BCUT2D eigenvalue weighted by Crippen LogP contribution is -2.35. The Balaban J connectivity index is 2.69. The summed E-state index contributed by atoms with van der Waals surface area (Å²) in [6.07, 6.45) is 2.12. The van der Waals surface area contributed by atoms with E-state index in [1.54, 1.807) is 18.0 Å². The third kappa shape index (κ3) is 6.40. The fourth-order valence-electron chi connectivity index (χ4n) is 3.19. The van der Waals surface area contributed by atoms with Crippen LogP contribution in [0.5, 0.6) is 0 Å².